The van der Waals surface area contributed by atoms with Gasteiger partial charge in [0.05, 0.1) is 5.69 Å². The molecule has 1 heterocycles. The zero-order chi connectivity index (χ0) is 11.2. The van der Waals surface area contributed by atoms with Gasteiger partial charge in [-0.2, -0.15) is 0 Å². The van der Waals surface area contributed by atoms with Crippen LogP contribution in [0.15, 0.2) is 12.3 Å². The van der Waals surface area contributed by atoms with Gasteiger partial charge < -0.3 is 5.32 Å². The minimum atomic E-state index is 0.857. The van der Waals surface area contributed by atoms with E-state index in [0.29, 0.717) is 0 Å². The number of hydrogen-bond acceptors (Lipinski definition) is 3. The molecule has 0 aromatic carbocycles. The lowest BCUT2D eigenvalue weighted by Gasteiger charge is -2.09. The number of hydrogen-bond donors (Lipinski definition) is 1. The van der Waals surface area contributed by atoms with Gasteiger partial charge >= 0.3 is 0 Å². The summed E-state index contributed by atoms with van der Waals surface area (Å²) in [4.78, 5) is 8.46. The first kappa shape index (κ1) is 11.5. The maximum Gasteiger partial charge on any atom is 0.125 e. The Labute approximate surface area is 97.7 Å². The fraction of sp³-hybridized carbons (Fsp3) is 0.692. The Morgan fingerprint density at radius 1 is 1.38 bits per heavy atom. The van der Waals surface area contributed by atoms with Crippen LogP contribution in [-0.4, -0.2) is 16.5 Å². The number of rotatable bonds is 5. The van der Waals surface area contributed by atoms with Crippen LogP contribution < -0.4 is 5.32 Å². The Balaban J connectivity index is 1.64. The van der Waals surface area contributed by atoms with Gasteiger partial charge in [0.25, 0.3) is 0 Å². The summed E-state index contributed by atoms with van der Waals surface area (Å²) in [6.07, 6.45) is 8.91. The van der Waals surface area contributed by atoms with E-state index in [1.165, 1.54) is 32.1 Å². The van der Waals surface area contributed by atoms with Gasteiger partial charge in [-0.05, 0) is 31.9 Å². The molecular formula is C13H21N3. The van der Waals surface area contributed by atoms with E-state index in [1.54, 1.807) is 0 Å². The smallest absolute Gasteiger partial charge is 0.125 e. The quantitative estimate of drug-likeness (QED) is 0.773. The maximum absolute atomic E-state index is 4.37. The van der Waals surface area contributed by atoms with Crippen molar-refractivity contribution in [3.63, 3.8) is 0 Å². The lowest BCUT2D eigenvalue weighted by atomic mass is 10.0. The van der Waals surface area contributed by atoms with Crippen LogP contribution in [0.2, 0.25) is 0 Å². The van der Waals surface area contributed by atoms with E-state index < -0.39 is 0 Å². The highest BCUT2D eigenvalue weighted by Crippen LogP contribution is 2.26. The van der Waals surface area contributed by atoms with Crippen molar-refractivity contribution >= 4 is 0 Å². The molecule has 0 unspecified atom stereocenters. The molecule has 1 aliphatic carbocycles. The van der Waals surface area contributed by atoms with Crippen molar-refractivity contribution < 1.29 is 0 Å². The molecule has 1 aromatic rings. The summed E-state index contributed by atoms with van der Waals surface area (Å²) in [6.45, 7) is 3.92. The van der Waals surface area contributed by atoms with Gasteiger partial charge in [0.1, 0.15) is 5.82 Å². The van der Waals surface area contributed by atoms with Crippen molar-refractivity contribution in [3.05, 3.63) is 23.8 Å². The zero-order valence-corrected chi connectivity index (χ0v) is 10.1. The van der Waals surface area contributed by atoms with Crippen LogP contribution in [0.4, 0.5) is 0 Å². The van der Waals surface area contributed by atoms with E-state index >= 15 is 0 Å². The van der Waals surface area contributed by atoms with Gasteiger partial charge in [0.15, 0.2) is 0 Å². The number of aryl methyl sites for hydroxylation is 1. The summed E-state index contributed by atoms with van der Waals surface area (Å²) < 4.78 is 0. The molecule has 0 spiro atoms. The third-order valence-electron chi connectivity index (χ3n) is 3.34. The fourth-order valence-electron chi connectivity index (χ4n) is 2.43. The molecule has 16 heavy (non-hydrogen) atoms. The second-order valence-electron chi connectivity index (χ2n) is 4.71. The Kier molecular flexibility index (Phi) is 4.28. The summed E-state index contributed by atoms with van der Waals surface area (Å²) in [5, 5.41) is 3.47. The lowest BCUT2D eigenvalue weighted by Crippen LogP contribution is -2.18. The predicted octanol–water partition coefficient (Wildman–Crippen LogP) is 2.45. The van der Waals surface area contributed by atoms with Gasteiger partial charge in [0.2, 0.25) is 0 Å². The third-order valence-corrected chi connectivity index (χ3v) is 3.34. The van der Waals surface area contributed by atoms with Crippen molar-refractivity contribution in [1.29, 1.82) is 0 Å². The Morgan fingerprint density at radius 2 is 2.19 bits per heavy atom. The predicted molar refractivity (Wildman–Crippen MR) is 65.1 cm³/mol. The molecule has 0 radical (unpaired) electrons. The van der Waals surface area contributed by atoms with Crippen LogP contribution in [0.5, 0.6) is 0 Å². The number of aromatic nitrogens is 2. The van der Waals surface area contributed by atoms with Crippen molar-refractivity contribution in [2.45, 2.75) is 45.6 Å². The maximum atomic E-state index is 4.37. The first-order valence-corrected chi connectivity index (χ1v) is 6.34. The topological polar surface area (TPSA) is 37.8 Å². The molecule has 1 N–H and O–H groups in total. The Bertz CT molecular complexity index is 319. The SMILES string of the molecule is Cc1nccc(CNCCC2CCCC2)n1. The van der Waals surface area contributed by atoms with Gasteiger partial charge in [-0.25, -0.2) is 9.97 Å². The van der Waals surface area contributed by atoms with E-state index in [4.69, 9.17) is 0 Å². The van der Waals surface area contributed by atoms with E-state index in [0.717, 1.165) is 30.5 Å². The molecule has 88 valence electrons. The molecule has 0 atom stereocenters. The van der Waals surface area contributed by atoms with E-state index in [9.17, 15) is 0 Å². The normalized spacial score (nSPS) is 16.8. The molecule has 1 fully saturated rings. The second kappa shape index (κ2) is 5.94. The Morgan fingerprint density at radius 3 is 2.94 bits per heavy atom. The molecule has 1 aliphatic rings. The molecule has 0 bridgehead atoms. The summed E-state index contributed by atoms with van der Waals surface area (Å²) in [5.41, 5.74) is 1.10. The average molecular weight is 219 g/mol. The first-order valence-electron chi connectivity index (χ1n) is 6.34. The summed E-state index contributed by atoms with van der Waals surface area (Å²) in [7, 11) is 0. The van der Waals surface area contributed by atoms with Crippen LogP contribution in [0.1, 0.15) is 43.6 Å². The van der Waals surface area contributed by atoms with Crippen LogP contribution in [-0.2, 0) is 6.54 Å². The minimum absolute atomic E-state index is 0.857. The highest BCUT2D eigenvalue weighted by Gasteiger charge is 2.13. The Hall–Kier alpha value is -0.960. The van der Waals surface area contributed by atoms with Gasteiger partial charge in [-0.1, -0.05) is 25.7 Å². The molecule has 3 nitrogen and oxygen atoms in total. The minimum Gasteiger partial charge on any atom is -0.311 e. The molecule has 0 aliphatic heterocycles. The molecule has 2 rings (SSSR count). The van der Waals surface area contributed by atoms with Crippen molar-refractivity contribution in [1.82, 2.24) is 15.3 Å². The monoisotopic (exact) mass is 219 g/mol. The molecular weight excluding hydrogens is 198 g/mol. The number of nitrogens with one attached hydrogen (secondary N) is 1. The van der Waals surface area contributed by atoms with Crippen LogP contribution in [0.3, 0.4) is 0 Å². The van der Waals surface area contributed by atoms with Gasteiger partial charge in [-0.3, -0.25) is 0 Å². The van der Waals surface area contributed by atoms with Crippen molar-refractivity contribution in [2.75, 3.05) is 6.54 Å². The first-order chi connectivity index (χ1) is 7.84. The average Bonchev–Trinajstić information content (AvgIpc) is 2.77. The van der Waals surface area contributed by atoms with Crippen LogP contribution >= 0.6 is 0 Å². The highest BCUT2D eigenvalue weighted by atomic mass is 14.9. The second-order valence-corrected chi connectivity index (χ2v) is 4.71. The molecule has 0 saturated heterocycles. The van der Waals surface area contributed by atoms with E-state index in [-0.39, 0.29) is 0 Å². The largest absolute Gasteiger partial charge is 0.311 e. The third kappa shape index (κ3) is 3.56. The van der Waals surface area contributed by atoms with E-state index in [2.05, 4.69) is 15.3 Å². The summed E-state index contributed by atoms with van der Waals surface area (Å²) in [5.74, 6) is 1.83. The molecule has 0 amide bonds. The summed E-state index contributed by atoms with van der Waals surface area (Å²) >= 11 is 0. The zero-order valence-electron chi connectivity index (χ0n) is 10.1. The standard InChI is InChI=1S/C13H21N3/c1-11-15-9-7-13(16-11)10-14-8-6-12-4-2-3-5-12/h7,9,12,14H,2-6,8,10H2,1H3. The van der Waals surface area contributed by atoms with Crippen LogP contribution in [0.25, 0.3) is 0 Å². The highest BCUT2D eigenvalue weighted by molar-refractivity contribution is 5.00. The van der Waals surface area contributed by atoms with Gasteiger partial charge in [0, 0.05) is 12.7 Å². The lowest BCUT2D eigenvalue weighted by molar-refractivity contribution is 0.476. The summed E-state index contributed by atoms with van der Waals surface area (Å²) in [6, 6.07) is 1.98. The number of nitrogens with zero attached hydrogens (tertiary/aromatic N) is 2. The van der Waals surface area contributed by atoms with Crippen LogP contribution in [0, 0.1) is 12.8 Å². The van der Waals surface area contributed by atoms with E-state index in [1.807, 2.05) is 19.2 Å². The van der Waals surface area contributed by atoms with Gasteiger partial charge in [-0.15, -0.1) is 0 Å². The van der Waals surface area contributed by atoms with Crippen molar-refractivity contribution in [3.8, 4) is 0 Å². The van der Waals surface area contributed by atoms with Crippen molar-refractivity contribution in [2.24, 2.45) is 5.92 Å². The fourth-order valence-corrected chi connectivity index (χ4v) is 2.43. The molecule has 1 aromatic heterocycles. The molecule has 3 heteroatoms. The molecule has 1 saturated carbocycles.